The average Bonchev–Trinajstić information content (AvgIpc) is 3.19. The molecule has 0 aliphatic carbocycles. The van der Waals surface area contributed by atoms with Crippen LogP contribution in [0.25, 0.3) is 11.0 Å². The Balaban J connectivity index is 0.00000272. The number of pyridine rings is 1. The molecule has 4 heterocycles. The molecule has 1 aliphatic rings. The van der Waals surface area contributed by atoms with E-state index in [1.807, 2.05) is 0 Å². The first-order valence-corrected chi connectivity index (χ1v) is 9.27. The van der Waals surface area contributed by atoms with Crippen LogP contribution in [0.2, 0.25) is 0 Å². The molecular weight excluding hydrogens is 445 g/mol. The standard InChI is InChI=1S/C18H18F5N7.ClH/c19-17(20,11-1-2-14(24-7-11)18(21,22)23)9-30-5-3-12(4-6-30)28-15-13-8-27-29-16(13)26-10-25-15;/h1-2,7-8,10,12H,3-6,9H2,(H2,25,26,27,28,29);1H. The van der Waals surface area contributed by atoms with Crippen LogP contribution >= 0.6 is 12.4 Å². The summed E-state index contributed by atoms with van der Waals surface area (Å²) in [4.78, 5) is 13.0. The summed E-state index contributed by atoms with van der Waals surface area (Å²) in [6, 6.07) is 1.42. The summed E-state index contributed by atoms with van der Waals surface area (Å²) >= 11 is 0. The first-order valence-electron chi connectivity index (χ1n) is 9.27. The number of H-pyrrole nitrogens is 1. The Morgan fingerprint density at radius 3 is 2.42 bits per heavy atom. The molecule has 0 radical (unpaired) electrons. The minimum absolute atomic E-state index is 0. The van der Waals surface area contributed by atoms with Crippen molar-refractivity contribution in [3.8, 4) is 0 Å². The third-order valence-electron chi connectivity index (χ3n) is 5.07. The Morgan fingerprint density at radius 2 is 1.77 bits per heavy atom. The molecule has 0 atom stereocenters. The number of alkyl halides is 5. The van der Waals surface area contributed by atoms with Crippen molar-refractivity contribution >= 4 is 29.3 Å². The van der Waals surface area contributed by atoms with Gasteiger partial charge in [0.25, 0.3) is 5.92 Å². The van der Waals surface area contributed by atoms with Gasteiger partial charge in [-0.05, 0) is 25.0 Å². The van der Waals surface area contributed by atoms with Gasteiger partial charge in [-0.25, -0.2) is 9.97 Å². The zero-order valence-corrected chi connectivity index (χ0v) is 16.9. The second-order valence-corrected chi connectivity index (χ2v) is 7.18. The fourth-order valence-electron chi connectivity index (χ4n) is 3.46. The van der Waals surface area contributed by atoms with Crippen LogP contribution < -0.4 is 5.32 Å². The van der Waals surface area contributed by atoms with Gasteiger partial charge in [-0.15, -0.1) is 12.4 Å². The van der Waals surface area contributed by atoms with Crippen LogP contribution in [0.3, 0.4) is 0 Å². The van der Waals surface area contributed by atoms with Gasteiger partial charge in [-0.2, -0.15) is 27.1 Å². The van der Waals surface area contributed by atoms with Crippen molar-refractivity contribution < 1.29 is 22.0 Å². The predicted molar refractivity (Wildman–Crippen MR) is 105 cm³/mol. The van der Waals surface area contributed by atoms with Gasteiger partial charge in [0.2, 0.25) is 0 Å². The minimum Gasteiger partial charge on any atom is -0.367 e. The largest absolute Gasteiger partial charge is 0.433 e. The summed E-state index contributed by atoms with van der Waals surface area (Å²) in [5.41, 5.74) is -1.11. The van der Waals surface area contributed by atoms with E-state index in [1.54, 1.807) is 11.1 Å². The lowest BCUT2D eigenvalue weighted by Gasteiger charge is -2.34. The van der Waals surface area contributed by atoms with Crippen LogP contribution in [-0.4, -0.2) is 55.7 Å². The second-order valence-electron chi connectivity index (χ2n) is 7.18. The van der Waals surface area contributed by atoms with Gasteiger partial charge >= 0.3 is 6.18 Å². The van der Waals surface area contributed by atoms with E-state index in [0.717, 1.165) is 11.5 Å². The Labute approximate surface area is 179 Å². The van der Waals surface area contributed by atoms with Crippen molar-refractivity contribution in [3.05, 3.63) is 42.1 Å². The summed E-state index contributed by atoms with van der Waals surface area (Å²) in [7, 11) is 0. The molecule has 0 spiro atoms. The molecule has 0 saturated carbocycles. The van der Waals surface area contributed by atoms with Gasteiger partial charge in [-0.1, -0.05) is 0 Å². The second kappa shape index (κ2) is 8.87. The van der Waals surface area contributed by atoms with Crippen molar-refractivity contribution in [1.82, 2.24) is 30.0 Å². The highest BCUT2D eigenvalue weighted by atomic mass is 35.5. The number of aromatic nitrogens is 5. The number of nitrogens with zero attached hydrogens (tertiary/aromatic N) is 5. The van der Waals surface area contributed by atoms with Crippen molar-refractivity contribution in [1.29, 1.82) is 0 Å². The molecule has 13 heteroatoms. The lowest BCUT2D eigenvalue weighted by molar-refractivity contribution is -0.141. The van der Waals surface area contributed by atoms with Crippen molar-refractivity contribution in [2.75, 3.05) is 25.0 Å². The molecule has 1 aliphatic heterocycles. The van der Waals surface area contributed by atoms with Gasteiger partial charge in [0.15, 0.2) is 5.65 Å². The van der Waals surface area contributed by atoms with E-state index in [2.05, 4.69) is 30.5 Å². The summed E-state index contributed by atoms with van der Waals surface area (Å²) < 4.78 is 66.8. The number of likely N-dealkylation sites (tertiary alicyclic amines) is 1. The SMILES string of the molecule is Cl.FC(F)(F)c1ccc(C(F)(F)CN2CCC(Nc3ncnc4[nH]ncc34)CC2)cn1. The molecule has 31 heavy (non-hydrogen) atoms. The van der Waals surface area contributed by atoms with Crippen LogP contribution in [0.5, 0.6) is 0 Å². The minimum atomic E-state index is -4.66. The molecule has 4 rings (SSSR count). The molecule has 168 valence electrons. The number of anilines is 1. The number of hydrogen-bond acceptors (Lipinski definition) is 6. The highest BCUT2D eigenvalue weighted by molar-refractivity contribution is 5.85. The number of halogens is 6. The molecule has 0 amide bonds. The van der Waals surface area contributed by atoms with E-state index in [4.69, 9.17) is 0 Å². The molecular formula is C18H19ClF5N7. The number of aromatic amines is 1. The Hall–Kier alpha value is -2.60. The number of hydrogen-bond donors (Lipinski definition) is 2. The third kappa shape index (κ3) is 5.18. The van der Waals surface area contributed by atoms with Crippen LogP contribution in [0, 0.1) is 0 Å². The molecule has 0 unspecified atom stereocenters. The maximum atomic E-state index is 14.5. The molecule has 0 aromatic carbocycles. The Bertz CT molecular complexity index is 1000. The van der Waals surface area contributed by atoms with Gasteiger partial charge in [-0.3, -0.25) is 15.0 Å². The summed E-state index contributed by atoms with van der Waals surface area (Å²) in [5.74, 6) is -2.67. The van der Waals surface area contributed by atoms with Gasteiger partial charge in [0.05, 0.1) is 18.1 Å². The lowest BCUT2D eigenvalue weighted by atomic mass is 10.0. The topological polar surface area (TPSA) is 82.6 Å². The number of nitrogens with one attached hydrogen (secondary N) is 2. The highest BCUT2D eigenvalue weighted by Gasteiger charge is 2.37. The summed E-state index contributed by atoms with van der Waals surface area (Å²) in [6.07, 6.45) is 0.203. The normalized spacial score (nSPS) is 16.3. The van der Waals surface area contributed by atoms with E-state index in [1.165, 1.54) is 6.33 Å². The maximum Gasteiger partial charge on any atom is 0.433 e. The molecule has 0 bridgehead atoms. The summed E-state index contributed by atoms with van der Waals surface area (Å²) in [6.45, 7) is 0.258. The monoisotopic (exact) mass is 463 g/mol. The van der Waals surface area contributed by atoms with E-state index in [-0.39, 0.29) is 18.4 Å². The molecule has 2 N–H and O–H groups in total. The maximum absolute atomic E-state index is 14.5. The molecule has 7 nitrogen and oxygen atoms in total. The molecule has 1 fully saturated rings. The zero-order chi connectivity index (χ0) is 21.4. The van der Waals surface area contributed by atoms with E-state index >= 15 is 0 Å². The smallest absolute Gasteiger partial charge is 0.367 e. The van der Waals surface area contributed by atoms with Gasteiger partial charge in [0, 0.05) is 30.9 Å². The molecule has 3 aromatic heterocycles. The van der Waals surface area contributed by atoms with Gasteiger partial charge < -0.3 is 5.32 Å². The number of piperidine rings is 1. The Kier molecular flexibility index (Phi) is 6.60. The average molecular weight is 464 g/mol. The quantitative estimate of drug-likeness (QED) is 0.559. The van der Waals surface area contributed by atoms with Crippen molar-refractivity contribution in [3.63, 3.8) is 0 Å². The van der Waals surface area contributed by atoms with E-state index in [0.29, 0.717) is 49.7 Å². The van der Waals surface area contributed by atoms with Crippen LogP contribution in [0.15, 0.2) is 30.9 Å². The first-order chi connectivity index (χ1) is 14.2. The van der Waals surface area contributed by atoms with E-state index < -0.39 is 29.9 Å². The van der Waals surface area contributed by atoms with Gasteiger partial charge in [0.1, 0.15) is 17.8 Å². The van der Waals surface area contributed by atoms with Crippen LogP contribution in [0.1, 0.15) is 24.1 Å². The highest BCUT2D eigenvalue weighted by Crippen LogP contribution is 2.33. The molecule has 1 saturated heterocycles. The Morgan fingerprint density at radius 1 is 1.03 bits per heavy atom. The molecule has 3 aromatic rings. The predicted octanol–water partition coefficient (Wildman–Crippen LogP) is 3.86. The fraction of sp³-hybridized carbons (Fsp3) is 0.444. The number of fused-ring (bicyclic) bond motifs is 1. The summed E-state index contributed by atoms with van der Waals surface area (Å²) in [5, 5.41) is 10.7. The third-order valence-corrected chi connectivity index (χ3v) is 5.07. The van der Waals surface area contributed by atoms with E-state index in [9.17, 15) is 22.0 Å². The first kappa shape index (κ1) is 23.1. The zero-order valence-electron chi connectivity index (χ0n) is 16.0. The van der Waals surface area contributed by atoms with Crippen LogP contribution in [-0.2, 0) is 12.1 Å². The van der Waals surface area contributed by atoms with Crippen molar-refractivity contribution in [2.45, 2.75) is 31.0 Å². The van der Waals surface area contributed by atoms with Crippen LogP contribution in [0.4, 0.5) is 27.8 Å². The lowest BCUT2D eigenvalue weighted by Crippen LogP contribution is -2.43. The fourth-order valence-corrected chi connectivity index (χ4v) is 3.46. The van der Waals surface area contributed by atoms with Crippen molar-refractivity contribution in [2.24, 2.45) is 0 Å². The number of rotatable bonds is 5.